The van der Waals surface area contributed by atoms with Gasteiger partial charge in [0, 0.05) is 63.9 Å². The lowest BCUT2D eigenvalue weighted by Gasteiger charge is -2.68. The number of carbonyl (C=O) groups is 1. The first kappa shape index (κ1) is 46.5. The minimum absolute atomic E-state index is 0.132. The molecule has 0 aromatic rings. The van der Waals surface area contributed by atoms with Crippen LogP contribution in [0.4, 0.5) is 0 Å². The van der Waals surface area contributed by atoms with Crippen LogP contribution in [0.5, 0.6) is 0 Å². The van der Waals surface area contributed by atoms with Crippen LogP contribution in [0.25, 0.3) is 0 Å². The third kappa shape index (κ3) is 11.9. The van der Waals surface area contributed by atoms with Gasteiger partial charge in [-0.25, -0.2) is 4.79 Å². The zero-order chi connectivity index (χ0) is 41.1. The van der Waals surface area contributed by atoms with Gasteiger partial charge in [-0.3, -0.25) is 0 Å². The Labute approximate surface area is 354 Å². The van der Waals surface area contributed by atoms with Crippen molar-refractivity contribution in [2.75, 3.05) is 39.6 Å². The first-order valence-electron chi connectivity index (χ1n) is 24.7. The number of rotatable bonds is 32. The molecule has 7 aliphatic rings. The van der Waals surface area contributed by atoms with Crippen LogP contribution in [0, 0.1) is 0 Å². The molecule has 4 saturated carbocycles. The standard InChI is InChI=1S/C50H86O8/c1-6-9-21-44(27-33-55-44)24-15-12-18-30-52-47-36-48(53-31-19-13-16-25-45(22-10-7-2)28-34-56-45)38-49(37-47,41-50(39-47,40-48)58-43(51)42(4)5)54-32-20-14-17-26-46(23-11-8-3)29-35-57-46/h4,6-41H2,1-3,5H3. The molecular formula is C50H86O8. The first-order valence-corrected chi connectivity index (χ1v) is 24.7. The lowest BCUT2D eigenvalue weighted by molar-refractivity contribution is -0.327. The fourth-order valence-corrected chi connectivity index (χ4v) is 12.4. The molecular weight excluding hydrogens is 729 g/mol. The van der Waals surface area contributed by atoms with Gasteiger partial charge >= 0.3 is 5.97 Å². The molecule has 0 N–H and O–H groups in total. The van der Waals surface area contributed by atoms with Crippen LogP contribution in [0.2, 0.25) is 0 Å². The molecule has 7 fully saturated rings. The van der Waals surface area contributed by atoms with Crippen LogP contribution in [0.3, 0.4) is 0 Å². The smallest absolute Gasteiger partial charge is 0.333 e. The second kappa shape index (κ2) is 20.9. The summed E-state index contributed by atoms with van der Waals surface area (Å²) in [6.45, 7) is 17.4. The van der Waals surface area contributed by atoms with Crippen molar-refractivity contribution in [1.29, 1.82) is 0 Å². The molecule has 3 saturated heterocycles. The number of esters is 1. The van der Waals surface area contributed by atoms with Crippen molar-refractivity contribution in [3.63, 3.8) is 0 Å². The number of hydrogen-bond donors (Lipinski definition) is 0. The van der Waals surface area contributed by atoms with Gasteiger partial charge in [-0.2, -0.15) is 0 Å². The second-order valence-electron chi connectivity index (χ2n) is 20.6. The fourth-order valence-electron chi connectivity index (χ4n) is 12.4. The quantitative estimate of drug-likeness (QED) is 0.0377. The summed E-state index contributed by atoms with van der Waals surface area (Å²) < 4.78 is 46.4. The number of ether oxygens (including phenoxy) is 7. The van der Waals surface area contributed by atoms with Crippen molar-refractivity contribution in [3.8, 4) is 0 Å². The van der Waals surface area contributed by atoms with Crippen molar-refractivity contribution in [2.24, 2.45) is 0 Å². The normalized spacial score (nSPS) is 36.0. The largest absolute Gasteiger partial charge is 0.455 e. The van der Waals surface area contributed by atoms with Gasteiger partial charge in [0.05, 0.1) is 53.4 Å². The Hall–Kier alpha value is -1.03. The van der Waals surface area contributed by atoms with Crippen molar-refractivity contribution in [1.82, 2.24) is 0 Å². The summed E-state index contributed by atoms with van der Waals surface area (Å²) in [6.07, 6.45) is 32.8. The minimum atomic E-state index is -0.682. The fraction of sp³-hybridized carbons (Fsp3) is 0.940. The Kier molecular flexibility index (Phi) is 16.7. The predicted molar refractivity (Wildman–Crippen MR) is 231 cm³/mol. The van der Waals surface area contributed by atoms with E-state index in [1.54, 1.807) is 6.92 Å². The Balaban J connectivity index is 1.08. The van der Waals surface area contributed by atoms with Crippen LogP contribution in [-0.4, -0.2) is 84.8 Å². The van der Waals surface area contributed by atoms with E-state index in [-0.39, 0.29) is 22.8 Å². The third-order valence-corrected chi connectivity index (χ3v) is 15.4. The molecule has 0 amide bonds. The molecule has 58 heavy (non-hydrogen) atoms. The van der Waals surface area contributed by atoms with Gasteiger partial charge in [-0.1, -0.05) is 104 Å². The summed E-state index contributed by atoms with van der Waals surface area (Å²) in [5, 5.41) is 0. The molecule has 3 heterocycles. The molecule has 7 rings (SSSR count). The maximum absolute atomic E-state index is 13.4. The van der Waals surface area contributed by atoms with E-state index in [9.17, 15) is 4.79 Å². The molecule has 0 aromatic heterocycles. The van der Waals surface area contributed by atoms with Gasteiger partial charge in [0.15, 0.2) is 0 Å². The van der Waals surface area contributed by atoms with Gasteiger partial charge in [0.25, 0.3) is 0 Å². The highest BCUT2D eigenvalue weighted by molar-refractivity contribution is 5.87. The minimum Gasteiger partial charge on any atom is -0.455 e. The highest BCUT2D eigenvalue weighted by Crippen LogP contribution is 2.65. The highest BCUT2D eigenvalue weighted by Gasteiger charge is 2.72. The molecule has 8 nitrogen and oxygen atoms in total. The Morgan fingerprint density at radius 2 is 0.759 bits per heavy atom. The molecule has 0 radical (unpaired) electrons. The maximum atomic E-state index is 13.4. The first-order chi connectivity index (χ1) is 28.0. The van der Waals surface area contributed by atoms with Crippen molar-refractivity contribution < 1.29 is 38.0 Å². The van der Waals surface area contributed by atoms with Gasteiger partial charge < -0.3 is 33.2 Å². The summed E-state index contributed by atoms with van der Waals surface area (Å²) in [4.78, 5) is 13.4. The van der Waals surface area contributed by atoms with Gasteiger partial charge in [-0.15, -0.1) is 0 Å². The van der Waals surface area contributed by atoms with E-state index in [0.29, 0.717) is 44.7 Å². The molecule has 3 unspecified atom stereocenters. The van der Waals surface area contributed by atoms with E-state index < -0.39 is 22.4 Å². The Bertz CT molecular complexity index is 1140. The van der Waals surface area contributed by atoms with Crippen LogP contribution < -0.4 is 0 Å². The molecule has 0 aromatic carbocycles. The van der Waals surface area contributed by atoms with Gasteiger partial charge in [0.2, 0.25) is 0 Å². The molecule has 3 atom stereocenters. The molecule has 0 spiro atoms. The van der Waals surface area contributed by atoms with Crippen LogP contribution in [-0.2, 0) is 38.0 Å². The van der Waals surface area contributed by atoms with E-state index in [4.69, 9.17) is 33.2 Å². The summed E-state index contributed by atoms with van der Waals surface area (Å²) in [7, 11) is 0. The summed E-state index contributed by atoms with van der Waals surface area (Å²) in [5.41, 5.74) is -1.16. The maximum Gasteiger partial charge on any atom is 0.333 e. The van der Waals surface area contributed by atoms with Crippen molar-refractivity contribution in [2.45, 2.75) is 260 Å². The highest BCUT2D eigenvalue weighted by atomic mass is 16.6. The SMILES string of the molecule is C=C(C)C(=O)OC12CC3(OCCCCCC4(CCCC)CCO4)CC(OCCCCCC4(CCCC)CCO4)(CC(OCCCCCC4(CCCC)CCO4)(C3)C1)C2. The predicted octanol–water partition coefficient (Wildman–Crippen LogP) is 12.2. The van der Waals surface area contributed by atoms with Crippen LogP contribution >= 0.6 is 0 Å². The second-order valence-corrected chi connectivity index (χ2v) is 20.6. The van der Waals surface area contributed by atoms with Gasteiger partial charge in [0.1, 0.15) is 5.60 Å². The van der Waals surface area contributed by atoms with Crippen molar-refractivity contribution in [3.05, 3.63) is 12.2 Å². The Morgan fingerprint density at radius 1 is 0.466 bits per heavy atom. The lowest BCUT2D eigenvalue weighted by Crippen LogP contribution is -2.74. The topological polar surface area (TPSA) is 81.7 Å². The summed E-state index contributed by atoms with van der Waals surface area (Å²) >= 11 is 0. The molecule has 4 bridgehead atoms. The molecule has 4 aliphatic carbocycles. The molecule has 334 valence electrons. The Morgan fingerprint density at radius 3 is 1.02 bits per heavy atom. The molecule has 3 aliphatic heterocycles. The van der Waals surface area contributed by atoms with E-state index in [2.05, 4.69) is 27.4 Å². The number of carbonyl (C=O) groups excluding carboxylic acids is 1. The number of unbranched alkanes of at least 4 members (excludes halogenated alkanes) is 9. The number of hydrogen-bond acceptors (Lipinski definition) is 8. The lowest BCUT2D eigenvalue weighted by atomic mass is 9.48. The summed E-state index contributed by atoms with van der Waals surface area (Å²) in [5.74, 6) is -0.303. The average molecular weight is 815 g/mol. The monoisotopic (exact) mass is 815 g/mol. The molecule has 8 heteroatoms. The zero-order valence-electron chi connectivity index (χ0n) is 37.9. The van der Waals surface area contributed by atoms with Crippen LogP contribution in [0.1, 0.15) is 220 Å². The van der Waals surface area contributed by atoms with Crippen molar-refractivity contribution >= 4 is 5.97 Å². The van der Waals surface area contributed by atoms with E-state index in [1.165, 1.54) is 96.3 Å². The van der Waals surface area contributed by atoms with Gasteiger partial charge in [-0.05, 0) is 84.0 Å². The van der Waals surface area contributed by atoms with E-state index in [0.717, 1.165) is 96.9 Å². The zero-order valence-corrected chi connectivity index (χ0v) is 37.9. The third-order valence-electron chi connectivity index (χ3n) is 15.4. The van der Waals surface area contributed by atoms with E-state index >= 15 is 0 Å². The van der Waals surface area contributed by atoms with E-state index in [1.807, 2.05) is 0 Å². The summed E-state index contributed by atoms with van der Waals surface area (Å²) in [6, 6.07) is 0. The van der Waals surface area contributed by atoms with Crippen LogP contribution in [0.15, 0.2) is 12.2 Å². The average Bonchev–Trinajstić information content (AvgIpc) is 3.13.